The average Bonchev–Trinajstić information content (AvgIpc) is 2.59. The molecule has 6 nitrogen and oxygen atoms in total. The first-order chi connectivity index (χ1) is 11.6. The Balaban J connectivity index is 0.00000225. The SMILES string of the molecule is COc1cccc(C(=O)N2CCN(C(=O)C(C)C3CNC3)CC2)c1.Cl. The molecule has 1 aromatic rings. The Hall–Kier alpha value is -1.79. The van der Waals surface area contributed by atoms with E-state index in [1.54, 1.807) is 19.2 Å². The minimum absolute atomic E-state index is 0. The monoisotopic (exact) mass is 367 g/mol. The lowest BCUT2D eigenvalue weighted by Gasteiger charge is -2.39. The van der Waals surface area contributed by atoms with Crippen LogP contribution in [0.2, 0.25) is 0 Å². The number of carbonyl (C=O) groups is 2. The van der Waals surface area contributed by atoms with Crippen LogP contribution in [0.1, 0.15) is 17.3 Å². The lowest BCUT2D eigenvalue weighted by molar-refractivity contribution is -0.138. The van der Waals surface area contributed by atoms with Crippen molar-refractivity contribution in [2.75, 3.05) is 46.4 Å². The molecule has 0 bridgehead atoms. The maximum absolute atomic E-state index is 12.6. The molecule has 2 heterocycles. The van der Waals surface area contributed by atoms with Gasteiger partial charge in [-0.2, -0.15) is 0 Å². The molecule has 0 aromatic heterocycles. The van der Waals surface area contributed by atoms with Crippen molar-refractivity contribution in [1.29, 1.82) is 0 Å². The van der Waals surface area contributed by atoms with Crippen LogP contribution >= 0.6 is 12.4 Å². The third-order valence-electron chi connectivity index (χ3n) is 5.10. The van der Waals surface area contributed by atoms with Crippen LogP contribution in [0.25, 0.3) is 0 Å². The van der Waals surface area contributed by atoms with Crippen LogP contribution in [0.3, 0.4) is 0 Å². The van der Waals surface area contributed by atoms with Crippen molar-refractivity contribution in [1.82, 2.24) is 15.1 Å². The molecule has 2 fully saturated rings. The van der Waals surface area contributed by atoms with Gasteiger partial charge in [-0.05, 0) is 37.2 Å². The number of nitrogens with zero attached hydrogens (tertiary/aromatic N) is 2. The van der Waals surface area contributed by atoms with Gasteiger partial charge in [0, 0.05) is 37.7 Å². The van der Waals surface area contributed by atoms with Gasteiger partial charge in [-0.15, -0.1) is 12.4 Å². The van der Waals surface area contributed by atoms with Crippen molar-refractivity contribution >= 4 is 24.2 Å². The van der Waals surface area contributed by atoms with Gasteiger partial charge >= 0.3 is 0 Å². The molecule has 0 aliphatic carbocycles. The average molecular weight is 368 g/mol. The van der Waals surface area contributed by atoms with Crippen molar-refractivity contribution in [2.45, 2.75) is 6.92 Å². The molecular weight excluding hydrogens is 342 g/mol. The summed E-state index contributed by atoms with van der Waals surface area (Å²) in [6, 6.07) is 7.20. The van der Waals surface area contributed by atoms with E-state index in [4.69, 9.17) is 4.74 Å². The van der Waals surface area contributed by atoms with Gasteiger partial charge in [0.05, 0.1) is 7.11 Å². The number of methoxy groups -OCH3 is 1. The van der Waals surface area contributed by atoms with E-state index in [-0.39, 0.29) is 30.1 Å². The van der Waals surface area contributed by atoms with Crippen LogP contribution in [-0.4, -0.2) is 68.0 Å². The number of nitrogens with one attached hydrogen (secondary N) is 1. The lowest BCUT2D eigenvalue weighted by atomic mass is 9.88. The molecule has 1 N–H and O–H groups in total. The fourth-order valence-electron chi connectivity index (χ4n) is 3.22. The van der Waals surface area contributed by atoms with Crippen molar-refractivity contribution in [3.63, 3.8) is 0 Å². The number of ether oxygens (including phenoxy) is 1. The number of benzene rings is 1. The molecule has 0 saturated carbocycles. The van der Waals surface area contributed by atoms with Crippen LogP contribution in [0.15, 0.2) is 24.3 Å². The minimum Gasteiger partial charge on any atom is -0.497 e. The van der Waals surface area contributed by atoms with Gasteiger partial charge in [-0.3, -0.25) is 9.59 Å². The zero-order chi connectivity index (χ0) is 17.1. The number of amides is 2. The van der Waals surface area contributed by atoms with E-state index < -0.39 is 0 Å². The van der Waals surface area contributed by atoms with Gasteiger partial charge in [0.15, 0.2) is 0 Å². The molecule has 1 atom stereocenters. The molecule has 25 heavy (non-hydrogen) atoms. The highest BCUT2D eigenvalue weighted by atomic mass is 35.5. The van der Waals surface area contributed by atoms with E-state index in [1.165, 1.54) is 0 Å². The lowest BCUT2D eigenvalue weighted by Crippen LogP contribution is -2.55. The van der Waals surface area contributed by atoms with Gasteiger partial charge in [-0.25, -0.2) is 0 Å². The molecule has 0 spiro atoms. The van der Waals surface area contributed by atoms with E-state index in [9.17, 15) is 9.59 Å². The molecule has 2 saturated heterocycles. The topological polar surface area (TPSA) is 61.9 Å². The summed E-state index contributed by atoms with van der Waals surface area (Å²) in [6.07, 6.45) is 0. The first-order valence-electron chi connectivity index (χ1n) is 8.53. The number of hydrogen-bond donors (Lipinski definition) is 1. The Kier molecular flexibility index (Phi) is 6.67. The second-order valence-corrected chi connectivity index (χ2v) is 6.56. The fraction of sp³-hybridized carbons (Fsp3) is 0.556. The van der Waals surface area contributed by atoms with Crippen LogP contribution in [0, 0.1) is 11.8 Å². The Morgan fingerprint density at radius 1 is 1.16 bits per heavy atom. The van der Waals surface area contributed by atoms with Crippen LogP contribution in [-0.2, 0) is 4.79 Å². The number of piperazine rings is 1. The van der Waals surface area contributed by atoms with Crippen molar-refractivity contribution in [3.05, 3.63) is 29.8 Å². The Bertz CT molecular complexity index is 613. The number of halogens is 1. The summed E-state index contributed by atoms with van der Waals surface area (Å²) in [5, 5.41) is 3.22. The third-order valence-corrected chi connectivity index (χ3v) is 5.10. The molecule has 2 aliphatic heterocycles. The maximum atomic E-state index is 12.6. The first-order valence-corrected chi connectivity index (χ1v) is 8.53. The normalized spacial score (nSPS) is 18.8. The fourth-order valence-corrected chi connectivity index (χ4v) is 3.22. The Morgan fingerprint density at radius 3 is 2.36 bits per heavy atom. The summed E-state index contributed by atoms with van der Waals surface area (Å²) < 4.78 is 5.18. The van der Waals surface area contributed by atoms with Gasteiger partial charge in [0.2, 0.25) is 5.91 Å². The van der Waals surface area contributed by atoms with Crippen LogP contribution in [0.4, 0.5) is 0 Å². The quantitative estimate of drug-likeness (QED) is 0.870. The highest BCUT2D eigenvalue weighted by Gasteiger charge is 2.33. The van der Waals surface area contributed by atoms with Crippen molar-refractivity contribution in [3.8, 4) is 5.75 Å². The first kappa shape index (κ1) is 19.5. The van der Waals surface area contributed by atoms with Crippen molar-refractivity contribution in [2.24, 2.45) is 11.8 Å². The van der Waals surface area contributed by atoms with E-state index >= 15 is 0 Å². The Labute approximate surface area is 154 Å². The summed E-state index contributed by atoms with van der Waals surface area (Å²) in [5.41, 5.74) is 0.628. The van der Waals surface area contributed by atoms with Crippen LogP contribution in [0.5, 0.6) is 5.75 Å². The summed E-state index contributed by atoms with van der Waals surface area (Å²) >= 11 is 0. The van der Waals surface area contributed by atoms with E-state index in [1.807, 2.05) is 28.9 Å². The van der Waals surface area contributed by atoms with E-state index in [2.05, 4.69) is 5.32 Å². The van der Waals surface area contributed by atoms with Gasteiger partial charge in [-0.1, -0.05) is 13.0 Å². The van der Waals surface area contributed by atoms with Crippen LogP contribution < -0.4 is 10.1 Å². The molecule has 1 unspecified atom stereocenters. The predicted molar refractivity (Wildman–Crippen MR) is 98.2 cm³/mol. The molecule has 2 aliphatic rings. The second-order valence-electron chi connectivity index (χ2n) is 6.56. The summed E-state index contributed by atoms with van der Waals surface area (Å²) in [4.78, 5) is 28.9. The molecule has 7 heteroatoms. The van der Waals surface area contributed by atoms with Gasteiger partial charge in [0.1, 0.15) is 5.75 Å². The largest absolute Gasteiger partial charge is 0.497 e. The van der Waals surface area contributed by atoms with Gasteiger partial charge in [0.25, 0.3) is 5.91 Å². The molecule has 3 rings (SSSR count). The zero-order valence-corrected chi connectivity index (χ0v) is 15.6. The summed E-state index contributed by atoms with van der Waals surface area (Å²) in [5.74, 6) is 1.41. The molecule has 0 radical (unpaired) electrons. The number of carbonyl (C=O) groups excluding carboxylic acids is 2. The summed E-state index contributed by atoms with van der Waals surface area (Å²) in [6.45, 7) is 6.26. The number of hydrogen-bond acceptors (Lipinski definition) is 4. The van der Waals surface area contributed by atoms with Gasteiger partial charge < -0.3 is 19.9 Å². The Morgan fingerprint density at radius 2 is 1.80 bits per heavy atom. The van der Waals surface area contributed by atoms with E-state index in [0.29, 0.717) is 43.4 Å². The smallest absolute Gasteiger partial charge is 0.254 e. The number of rotatable bonds is 4. The van der Waals surface area contributed by atoms with E-state index in [0.717, 1.165) is 13.1 Å². The zero-order valence-electron chi connectivity index (χ0n) is 14.7. The van der Waals surface area contributed by atoms with Crippen molar-refractivity contribution < 1.29 is 14.3 Å². The second kappa shape index (κ2) is 8.54. The highest BCUT2D eigenvalue weighted by Crippen LogP contribution is 2.20. The minimum atomic E-state index is -0.00256. The third kappa shape index (κ3) is 4.25. The predicted octanol–water partition coefficient (Wildman–Crippen LogP) is 1.26. The molecule has 1 aromatic carbocycles. The molecular formula is C18H26ClN3O3. The molecule has 138 valence electrons. The maximum Gasteiger partial charge on any atom is 0.254 e. The standard InChI is InChI=1S/C18H25N3O3.ClH/c1-13(15-11-19-12-15)17(22)20-6-8-21(9-7-20)18(23)14-4-3-5-16(10-14)24-2;/h3-5,10,13,15,19H,6-9,11-12H2,1-2H3;1H. The highest BCUT2D eigenvalue weighted by molar-refractivity contribution is 5.94. The summed E-state index contributed by atoms with van der Waals surface area (Å²) in [7, 11) is 1.59. The molecule has 2 amide bonds.